The second-order valence-corrected chi connectivity index (χ2v) is 7.96. The third kappa shape index (κ3) is 4.11. The minimum Gasteiger partial charge on any atom is -0.347 e. The average Bonchev–Trinajstić information content (AvgIpc) is 3.18. The lowest BCUT2D eigenvalue weighted by Crippen LogP contribution is -2.44. The van der Waals surface area contributed by atoms with Crippen molar-refractivity contribution in [1.82, 2.24) is 4.90 Å². The molecule has 0 radical (unpaired) electrons. The fraction of sp³-hybridized carbons (Fsp3) is 0.409. The van der Waals surface area contributed by atoms with E-state index in [9.17, 15) is 4.79 Å². The standard InChI is InChI=1S/C22H25NO3S/c1-27-20-5-3-2-4-19(20)21(24)18-8-6-17(7-9-18)16-23-12-10-22(11-13-23)25-14-15-26-22/h2-9H,10-16H2,1H3. The number of thioether (sulfide) groups is 1. The molecule has 2 aromatic carbocycles. The highest BCUT2D eigenvalue weighted by atomic mass is 32.2. The number of benzene rings is 2. The van der Waals surface area contributed by atoms with Crippen molar-refractivity contribution in [3.63, 3.8) is 0 Å². The van der Waals surface area contributed by atoms with Crippen molar-refractivity contribution in [3.8, 4) is 0 Å². The van der Waals surface area contributed by atoms with Crippen LogP contribution in [0.2, 0.25) is 0 Å². The highest BCUT2D eigenvalue weighted by Gasteiger charge is 2.39. The average molecular weight is 384 g/mol. The first-order valence-electron chi connectivity index (χ1n) is 9.46. The molecule has 2 aromatic rings. The van der Waals surface area contributed by atoms with Crippen molar-refractivity contribution in [2.24, 2.45) is 0 Å². The van der Waals surface area contributed by atoms with E-state index in [-0.39, 0.29) is 11.6 Å². The normalized spacial score (nSPS) is 19.4. The number of likely N-dealkylation sites (tertiary alicyclic amines) is 1. The van der Waals surface area contributed by atoms with E-state index in [1.54, 1.807) is 11.8 Å². The van der Waals surface area contributed by atoms with Gasteiger partial charge in [-0.15, -0.1) is 11.8 Å². The second kappa shape index (κ2) is 8.15. The van der Waals surface area contributed by atoms with Gasteiger partial charge in [0.2, 0.25) is 0 Å². The zero-order chi connectivity index (χ0) is 18.7. The van der Waals surface area contributed by atoms with Crippen LogP contribution in [0.1, 0.15) is 34.3 Å². The van der Waals surface area contributed by atoms with E-state index in [1.165, 1.54) is 5.56 Å². The summed E-state index contributed by atoms with van der Waals surface area (Å²) in [5.74, 6) is -0.237. The summed E-state index contributed by atoms with van der Waals surface area (Å²) in [6.07, 6.45) is 3.85. The lowest BCUT2D eigenvalue weighted by Gasteiger charge is -2.37. The zero-order valence-corrected chi connectivity index (χ0v) is 16.5. The van der Waals surface area contributed by atoms with Gasteiger partial charge in [0.15, 0.2) is 11.6 Å². The molecule has 0 amide bonds. The molecule has 0 aromatic heterocycles. The summed E-state index contributed by atoms with van der Waals surface area (Å²) in [5, 5.41) is 0. The summed E-state index contributed by atoms with van der Waals surface area (Å²) in [6.45, 7) is 4.28. The zero-order valence-electron chi connectivity index (χ0n) is 15.6. The summed E-state index contributed by atoms with van der Waals surface area (Å²) >= 11 is 1.60. The summed E-state index contributed by atoms with van der Waals surface area (Å²) in [4.78, 5) is 16.3. The van der Waals surface area contributed by atoms with Gasteiger partial charge in [-0.1, -0.05) is 36.4 Å². The van der Waals surface area contributed by atoms with Crippen LogP contribution >= 0.6 is 11.8 Å². The summed E-state index contributed by atoms with van der Waals surface area (Å²) in [7, 11) is 0. The molecule has 0 saturated carbocycles. The van der Waals surface area contributed by atoms with Gasteiger partial charge in [0, 0.05) is 48.5 Å². The Morgan fingerprint density at radius 3 is 2.37 bits per heavy atom. The van der Waals surface area contributed by atoms with Crippen molar-refractivity contribution >= 4 is 17.5 Å². The molecule has 0 unspecified atom stereocenters. The number of carbonyl (C=O) groups is 1. The molecule has 4 nitrogen and oxygen atoms in total. The monoisotopic (exact) mass is 383 g/mol. The van der Waals surface area contributed by atoms with Crippen LogP contribution in [0.3, 0.4) is 0 Å². The van der Waals surface area contributed by atoms with E-state index in [4.69, 9.17) is 9.47 Å². The highest BCUT2D eigenvalue weighted by molar-refractivity contribution is 7.98. The molecule has 0 bridgehead atoms. The van der Waals surface area contributed by atoms with Crippen molar-refractivity contribution in [2.75, 3.05) is 32.6 Å². The Bertz CT molecular complexity index is 789. The molecule has 2 aliphatic rings. The minimum atomic E-state index is -0.322. The fourth-order valence-electron chi connectivity index (χ4n) is 3.84. The van der Waals surface area contributed by atoms with Gasteiger partial charge in [-0.2, -0.15) is 0 Å². The first kappa shape index (κ1) is 18.7. The Balaban J connectivity index is 1.38. The lowest BCUT2D eigenvalue weighted by atomic mass is 10.0. The molecule has 0 N–H and O–H groups in total. The van der Waals surface area contributed by atoms with Crippen LogP contribution in [0.4, 0.5) is 0 Å². The van der Waals surface area contributed by atoms with Gasteiger partial charge in [-0.3, -0.25) is 9.69 Å². The van der Waals surface area contributed by atoms with E-state index >= 15 is 0 Å². The first-order valence-corrected chi connectivity index (χ1v) is 10.7. The summed E-state index contributed by atoms with van der Waals surface area (Å²) in [6, 6.07) is 15.8. The molecule has 4 rings (SSSR count). The molecule has 2 aliphatic heterocycles. The second-order valence-electron chi connectivity index (χ2n) is 7.11. The molecule has 2 heterocycles. The number of rotatable bonds is 5. The maximum atomic E-state index is 12.8. The Kier molecular flexibility index (Phi) is 5.64. The molecular formula is C22H25NO3S. The molecule has 2 fully saturated rings. The molecule has 2 saturated heterocycles. The molecule has 0 aliphatic carbocycles. The molecule has 1 spiro atoms. The van der Waals surface area contributed by atoms with Crippen molar-refractivity contribution in [2.45, 2.75) is 30.1 Å². The largest absolute Gasteiger partial charge is 0.347 e. The van der Waals surface area contributed by atoms with Crippen LogP contribution in [0.25, 0.3) is 0 Å². The van der Waals surface area contributed by atoms with E-state index in [2.05, 4.69) is 17.0 Å². The van der Waals surface area contributed by atoms with Gasteiger partial charge in [0.25, 0.3) is 0 Å². The van der Waals surface area contributed by atoms with Crippen LogP contribution in [0.5, 0.6) is 0 Å². The van der Waals surface area contributed by atoms with Crippen LogP contribution in [-0.4, -0.2) is 49.0 Å². The number of hydrogen-bond acceptors (Lipinski definition) is 5. The van der Waals surface area contributed by atoms with Gasteiger partial charge in [0.05, 0.1) is 13.2 Å². The van der Waals surface area contributed by atoms with E-state index < -0.39 is 0 Å². The maximum Gasteiger partial charge on any atom is 0.194 e. The number of ether oxygens (including phenoxy) is 2. The van der Waals surface area contributed by atoms with Gasteiger partial charge in [-0.05, 0) is 24.0 Å². The van der Waals surface area contributed by atoms with Crippen molar-refractivity contribution < 1.29 is 14.3 Å². The third-order valence-electron chi connectivity index (χ3n) is 5.41. The van der Waals surface area contributed by atoms with Gasteiger partial charge in [-0.25, -0.2) is 0 Å². The lowest BCUT2D eigenvalue weighted by molar-refractivity contribution is -0.185. The third-order valence-corrected chi connectivity index (χ3v) is 6.20. The molecule has 0 atom stereocenters. The topological polar surface area (TPSA) is 38.8 Å². The molecular weight excluding hydrogens is 358 g/mol. The van der Waals surface area contributed by atoms with Gasteiger partial charge >= 0.3 is 0 Å². The summed E-state index contributed by atoms with van der Waals surface area (Å²) in [5.41, 5.74) is 2.75. The number of carbonyl (C=O) groups excluding carboxylic acids is 1. The van der Waals surface area contributed by atoms with Crippen LogP contribution in [0.15, 0.2) is 53.4 Å². The number of piperidine rings is 1. The van der Waals surface area contributed by atoms with Crippen molar-refractivity contribution in [3.05, 3.63) is 65.2 Å². The Morgan fingerprint density at radius 1 is 1.04 bits per heavy atom. The number of nitrogens with zero attached hydrogens (tertiary/aromatic N) is 1. The van der Waals surface area contributed by atoms with Crippen molar-refractivity contribution in [1.29, 1.82) is 0 Å². The summed E-state index contributed by atoms with van der Waals surface area (Å²) < 4.78 is 11.6. The highest BCUT2D eigenvalue weighted by Crippen LogP contribution is 2.31. The Hall–Kier alpha value is -1.66. The molecule has 5 heteroatoms. The number of ketones is 1. The Morgan fingerprint density at radius 2 is 1.70 bits per heavy atom. The predicted molar refractivity (Wildman–Crippen MR) is 107 cm³/mol. The molecule has 142 valence electrons. The predicted octanol–water partition coefficient (Wildman–Crippen LogP) is 3.98. The fourth-order valence-corrected chi connectivity index (χ4v) is 4.44. The quantitative estimate of drug-likeness (QED) is 0.577. The van der Waals surface area contributed by atoms with Crippen LogP contribution < -0.4 is 0 Å². The van der Waals surface area contributed by atoms with Gasteiger partial charge in [0.1, 0.15) is 0 Å². The molecule has 27 heavy (non-hydrogen) atoms. The van der Waals surface area contributed by atoms with Gasteiger partial charge < -0.3 is 9.47 Å². The van der Waals surface area contributed by atoms with Crippen LogP contribution in [0, 0.1) is 0 Å². The Labute approximate surface area is 164 Å². The minimum absolute atomic E-state index is 0.0851. The van der Waals surface area contributed by atoms with E-state index in [0.29, 0.717) is 0 Å². The first-order chi connectivity index (χ1) is 13.2. The van der Waals surface area contributed by atoms with E-state index in [0.717, 1.165) is 61.7 Å². The number of hydrogen-bond donors (Lipinski definition) is 0. The van der Waals surface area contributed by atoms with E-state index in [1.807, 2.05) is 42.7 Å². The maximum absolute atomic E-state index is 12.8. The SMILES string of the molecule is CSc1ccccc1C(=O)c1ccc(CN2CCC3(CC2)OCCO3)cc1. The van der Waals surface area contributed by atoms with Crippen LogP contribution in [-0.2, 0) is 16.0 Å². The smallest absolute Gasteiger partial charge is 0.194 e.